The van der Waals surface area contributed by atoms with E-state index in [1.165, 1.54) is 0 Å². The maximum Gasteiger partial charge on any atom is 0.265 e. The van der Waals surface area contributed by atoms with Crippen LogP contribution >= 0.6 is 10.7 Å². The molecule has 0 radical (unpaired) electrons. The SMILES string of the molecule is CC(F)(F)C(C)(C)S(=O)(=O)Cl. The average Bonchev–Trinajstić information content (AvgIpc) is 1.58. The summed E-state index contributed by atoms with van der Waals surface area (Å²) in [5.74, 6) is -3.34. The summed E-state index contributed by atoms with van der Waals surface area (Å²) in [4.78, 5) is 0. The molecule has 11 heavy (non-hydrogen) atoms. The molecule has 0 aliphatic rings. The van der Waals surface area contributed by atoms with Gasteiger partial charge in [0.05, 0.1) is 0 Å². The first-order valence-corrected chi connectivity index (χ1v) is 5.13. The van der Waals surface area contributed by atoms with Crippen LogP contribution in [0.3, 0.4) is 0 Å². The molecule has 0 aliphatic carbocycles. The van der Waals surface area contributed by atoms with Crippen LogP contribution in [-0.4, -0.2) is 19.1 Å². The van der Waals surface area contributed by atoms with Gasteiger partial charge in [-0.2, -0.15) is 0 Å². The number of rotatable bonds is 2. The molecule has 2 nitrogen and oxygen atoms in total. The van der Waals surface area contributed by atoms with Crippen molar-refractivity contribution in [3.63, 3.8) is 0 Å². The lowest BCUT2D eigenvalue weighted by atomic mass is 10.1. The van der Waals surface area contributed by atoms with Crippen LogP contribution in [-0.2, 0) is 9.05 Å². The highest BCUT2D eigenvalue weighted by atomic mass is 35.7. The highest BCUT2D eigenvalue weighted by Crippen LogP contribution is 2.36. The first-order valence-electron chi connectivity index (χ1n) is 2.82. The summed E-state index contributed by atoms with van der Waals surface area (Å²) < 4.78 is 44.0. The minimum Gasteiger partial charge on any atom is -0.211 e. The Kier molecular flexibility index (Phi) is 2.58. The van der Waals surface area contributed by atoms with E-state index in [9.17, 15) is 17.2 Å². The van der Waals surface area contributed by atoms with Gasteiger partial charge < -0.3 is 0 Å². The van der Waals surface area contributed by atoms with Gasteiger partial charge in [-0.1, -0.05) is 0 Å². The first kappa shape index (κ1) is 11.1. The Labute approximate surface area is 69.0 Å². The van der Waals surface area contributed by atoms with Gasteiger partial charge in [-0.05, 0) is 13.8 Å². The molecule has 68 valence electrons. The molecule has 0 amide bonds. The fourth-order valence-corrected chi connectivity index (χ4v) is 1.05. The monoisotopic (exact) mass is 206 g/mol. The minimum atomic E-state index is -4.24. The van der Waals surface area contributed by atoms with Gasteiger partial charge in [-0.25, -0.2) is 17.2 Å². The van der Waals surface area contributed by atoms with Crippen LogP contribution in [0.25, 0.3) is 0 Å². The van der Waals surface area contributed by atoms with E-state index in [-0.39, 0.29) is 0 Å². The first-order chi connectivity index (χ1) is 4.50. The highest BCUT2D eigenvalue weighted by Gasteiger charge is 2.51. The molecule has 0 heterocycles. The molecule has 0 unspecified atom stereocenters. The number of hydrogen-bond acceptors (Lipinski definition) is 2. The molecule has 0 atom stereocenters. The summed E-state index contributed by atoms with van der Waals surface area (Å²) in [7, 11) is 0.564. The van der Waals surface area contributed by atoms with E-state index in [4.69, 9.17) is 10.7 Å². The largest absolute Gasteiger partial charge is 0.265 e. The Balaban J connectivity index is 5.08. The Morgan fingerprint density at radius 3 is 1.45 bits per heavy atom. The van der Waals surface area contributed by atoms with Crippen molar-refractivity contribution in [2.24, 2.45) is 0 Å². The van der Waals surface area contributed by atoms with Crippen LogP contribution in [0, 0.1) is 0 Å². The lowest BCUT2D eigenvalue weighted by Gasteiger charge is -2.27. The molecule has 0 fully saturated rings. The van der Waals surface area contributed by atoms with Crippen LogP contribution < -0.4 is 0 Å². The van der Waals surface area contributed by atoms with E-state index >= 15 is 0 Å². The van der Waals surface area contributed by atoms with Gasteiger partial charge in [0.25, 0.3) is 5.92 Å². The fraction of sp³-hybridized carbons (Fsp3) is 1.00. The molecule has 0 bridgehead atoms. The molecule has 0 aromatic rings. The molecule has 0 spiro atoms. The van der Waals surface area contributed by atoms with Crippen LogP contribution in [0.1, 0.15) is 20.8 Å². The molecule has 0 aliphatic heterocycles. The quantitative estimate of drug-likeness (QED) is 0.648. The summed E-state index contributed by atoms with van der Waals surface area (Å²) in [6.07, 6.45) is 0. The van der Waals surface area contributed by atoms with E-state index in [2.05, 4.69) is 0 Å². The standard InChI is InChI=1S/C5H9ClF2O2S/c1-4(2,5(3,7)8)11(6,9)10/h1-3H3. The molecule has 0 saturated carbocycles. The lowest BCUT2D eigenvalue weighted by molar-refractivity contribution is -0.0112. The van der Waals surface area contributed by atoms with Gasteiger partial charge in [0, 0.05) is 17.6 Å². The van der Waals surface area contributed by atoms with E-state index in [1.54, 1.807) is 0 Å². The van der Waals surface area contributed by atoms with Gasteiger partial charge in [-0.3, -0.25) is 0 Å². The number of hydrogen-bond donors (Lipinski definition) is 0. The van der Waals surface area contributed by atoms with Crippen LogP contribution in [0.5, 0.6) is 0 Å². The van der Waals surface area contributed by atoms with E-state index < -0.39 is 19.7 Å². The summed E-state index contributed by atoms with van der Waals surface area (Å²) in [5, 5.41) is 0. The Morgan fingerprint density at radius 1 is 1.18 bits per heavy atom. The van der Waals surface area contributed by atoms with Crippen LogP contribution in [0.15, 0.2) is 0 Å². The van der Waals surface area contributed by atoms with E-state index in [0.29, 0.717) is 6.92 Å². The third-order valence-electron chi connectivity index (χ3n) is 1.67. The van der Waals surface area contributed by atoms with Gasteiger partial charge >= 0.3 is 0 Å². The van der Waals surface area contributed by atoms with E-state index in [0.717, 1.165) is 13.8 Å². The van der Waals surface area contributed by atoms with Gasteiger partial charge in [0.1, 0.15) is 4.75 Å². The predicted molar refractivity (Wildman–Crippen MR) is 39.5 cm³/mol. The molecule has 6 heteroatoms. The van der Waals surface area contributed by atoms with Crippen LogP contribution in [0.4, 0.5) is 8.78 Å². The Morgan fingerprint density at radius 2 is 1.45 bits per heavy atom. The summed E-state index contributed by atoms with van der Waals surface area (Å²) in [6, 6.07) is 0. The normalized spacial score (nSPS) is 15.1. The van der Waals surface area contributed by atoms with Crippen molar-refractivity contribution in [1.29, 1.82) is 0 Å². The Hall–Kier alpha value is 0.1000. The molecule has 0 rings (SSSR count). The predicted octanol–water partition coefficient (Wildman–Crippen LogP) is 1.99. The van der Waals surface area contributed by atoms with Crippen molar-refractivity contribution in [3.8, 4) is 0 Å². The second kappa shape index (κ2) is 2.55. The third-order valence-corrected chi connectivity index (χ3v) is 4.40. The van der Waals surface area contributed by atoms with Crippen molar-refractivity contribution in [2.75, 3.05) is 0 Å². The maximum atomic E-state index is 12.5. The lowest BCUT2D eigenvalue weighted by Crippen LogP contribution is -2.44. The molecular formula is C5H9ClF2O2S. The second-order valence-electron chi connectivity index (χ2n) is 2.84. The topological polar surface area (TPSA) is 34.1 Å². The van der Waals surface area contributed by atoms with E-state index in [1.807, 2.05) is 0 Å². The second-order valence-corrected chi connectivity index (χ2v) is 5.95. The van der Waals surface area contributed by atoms with Crippen molar-refractivity contribution < 1.29 is 17.2 Å². The zero-order chi connectivity index (χ0) is 9.50. The number of alkyl halides is 2. The average molecular weight is 207 g/mol. The molecular weight excluding hydrogens is 198 g/mol. The summed E-state index contributed by atoms with van der Waals surface area (Å²) in [6.45, 7) is 2.29. The number of halogens is 3. The molecule has 0 aromatic heterocycles. The van der Waals surface area contributed by atoms with Crippen molar-refractivity contribution in [2.45, 2.75) is 31.4 Å². The zero-order valence-corrected chi connectivity index (χ0v) is 7.93. The molecule has 0 N–H and O–H groups in total. The van der Waals surface area contributed by atoms with Crippen molar-refractivity contribution in [1.82, 2.24) is 0 Å². The molecule has 0 saturated heterocycles. The van der Waals surface area contributed by atoms with Crippen LogP contribution in [0.2, 0.25) is 0 Å². The smallest absolute Gasteiger partial charge is 0.211 e. The van der Waals surface area contributed by atoms with Gasteiger partial charge in [0.2, 0.25) is 9.05 Å². The summed E-state index contributed by atoms with van der Waals surface area (Å²) >= 11 is 0. The highest BCUT2D eigenvalue weighted by molar-refractivity contribution is 8.14. The van der Waals surface area contributed by atoms with Gasteiger partial charge in [0.15, 0.2) is 0 Å². The van der Waals surface area contributed by atoms with Gasteiger partial charge in [-0.15, -0.1) is 0 Å². The molecule has 0 aromatic carbocycles. The maximum absolute atomic E-state index is 12.5. The summed E-state index contributed by atoms with van der Waals surface area (Å²) in [5.41, 5.74) is 0. The van der Waals surface area contributed by atoms with Crippen molar-refractivity contribution >= 4 is 19.7 Å². The fourth-order valence-electron chi connectivity index (χ4n) is 0.214. The zero-order valence-electron chi connectivity index (χ0n) is 6.36. The third kappa shape index (κ3) is 2.02. The minimum absolute atomic E-state index is 0.521. The Bertz CT molecular complexity index is 240. The van der Waals surface area contributed by atoms with Crippen molar-refractivity contribution in [3.05, 3.63) is 0 Å².